The molecule has 3 atom stereocenters. The Morgan fingerprint density at radius 1 is 1.24 bits per heavy atom. The number of nitrogens with zero attached hydrogens (tertiary/aromatic N) is 2. The van der Waals surface area contributed by atoms with Gasteiger partial charge in [-0.15, -0.1) is 0 Å². The summed E-state index contributed by atoms with van der Waals surface area (Å²) in [5.74, 6) is -2.33. The minimum Gasteiger partial charge on any atom is -0.463 e. The lowest BCUT2D eigenvalue weighted by molar-refractivity contribution is -0.171. The summed E-state index contributed by atoms with van der Waals surface area (Å²) >= 11 is 0. The van der Waals surface area contributed by atoms with Crippen molar-refractivity contribution < 1.29 is 23.8 Å². The lowest BCUT2D eigenvalue weighted by atomic mass is 9.81. The summed E-state index contributed by atoms with van der Waals surface area (Å²) in [6.45, 7) is 2.21. The van der Waals surface area contributed by atoms with Gasteiger partial charge in [0.1, 0.15) is 12.4 Å². The summed E-state index contributed by atoms with van der Waals surface area (Å²) in [5, 5.41) is 11.3. The Morgan fingerprint density at radius 2 is 2.03 bits per heavy atom. The van der Waals surface area contributed by atoms with E-state index in [-0.39, 0.29) is 18.3 Å². The average molecular weight is 394 g/mol. The van der Waals surface area contributed by atoms with E-state index in [1.807, 2.05) is 6.92 Å². The van der Waals surface area contributed by atoms with Crippen LogP contribution >= 0.6 is 0 Å². The molecule has 0 bridgehead atoms. The fourth-order valence-corrected chi connectivity index (χ4v) is 5.41. The molecule has 3 unspecified atom stereocenters. The van der Waals surface area contributed by atoms with Crippen LogP contribution in [-0.2, 0) is 33.7 Å². The van der Waals surface area contributed by atoms with Crippen molar-refractivity contribution in [1.82, 2.24) is 9.88 Å². The maximum absolute atomic E-state index is 14.5. The van der Waals surface area contributed by atoms with Crippen LogP contribution in [-0.4, -0.2) is 39.6 Å². The van der Waals surface area contributed by atoms with Gasteiger partial charge in [-0.3, -0.25) is 4.79 Å². The van der Waals surface area contributed by atoms with Gasteiger partial charge in [0.05, 0.1) is 29.4 Å². The number of cyclic esters (lactones) is 1. The summed E-state index contributed by atoms with van der Waals surface area (Å²) in [6.07, 6.45) is 3.05. The Morgan fingerprint density at radius 3 is 2.86 bits per heavy atom. The molecule has 1 N–H and O–H groups in total. The summed E-state index contributed by atoms with van der Waals surface area (Å²) in [7, 11) is 0. The Labute approximate surface area is 166 Å². The van der Waals surface area contributed by atoms with Crippen molar-refractivity contribution in [3.05, 3.63) is 45.9 Å². The van der Waals surface area contributed by atoms with Crippen molar-refractivity contribution in [2.24, 2.45) is 11.8 Å². The van der Waals surface area contributed by atoms with Gasteiger partial charge in [-0.05, 0) is 42.9 Å². The number of ether oxygens (including phenoxy) is 1. The highest BCUT2D eigenvalue weighted by atomic mass is 19.1. The number of aliphatic hydroxyl groups excluding tert-OH is 1. The second-order valence-electron chi connectivity index (χ2n) is 8.36. The molecule has 1 fully saturated rings. The van der Waals surface area contributed by atoms with Gasteiger partial charge >= 0.3 is 5.97 Å². The topological polar surface area (TPSA) is 79.7 Å². The zero-order valence-corrected chi connectivity index (χ0v) is 15.9. The molecule has 0 radical (unpaired) electrons. The fourth-order valence-electron chi connectivity index (χ4n) is 5.41. The second-order valence-corrected chi connectivity index (χ2v) is 8.36. The van der Waals surface area contributed by atoms with E-state index in [2.05, 4.69) is 0 Å². The Kier molecular flexibility index (Phi) is 3.32. The van der Waals surface area contributed by atoms with Crippen LogP contribution in [0.15, 0.2) is 12.1 Å². The van der Waals surface area contributed by atoms with Gasteiger partial charge in [-0.2, -0.15) is 0 Å². The predicted octanol–water partition coefficient (Wildman–Crippen LogP) is 2.02. The summed E-state index contributed by atoms with van der Waals surface area (Å²) in [5.41, 5.74) is 5.74. The van der Waals surface area contributed by atoms with Crippen LogP contribution in [0.1, 0.15) is 34.4 Å². The molecular weight excluding hydrogens is 375 g/mol. The number of aromatic nitrogens is 1. The minimum absolute atomic E-state index is 0.0210. The minimum atomic E-state index is -1.36. The van der Waals surface area contributed by atoms with E-state index in [0.29, 0.717) is 29.0 Å². The van der Waals surface area contributed by atoms with Gasteiger partial charge in [0.15, 0.2) is 6.10 Å². The molecule has 29 heavy (non-hydrogen) atoms. The van der Waals surface area contributed by atoms with Crippen LogP contribution in [0, 0.1) is 24.6 Å². The highest BCUT2D eigenvalue weighted by molar-refractivity contribution is 5.98. The molecular formula is C22H19FN2O4. The number of fused-ring (bicyclic) bond motifs is 5. The van der Waals surface area contributed by atoms with Crippen molar-refractivity contribution in [1.29, 1.82) is 0 Å². The van der Waals surface area contributed by atoms with Crippen LogP contribution in [0.2, 0.25) is 0 Å². The lowest BCUT2D eigenvalue weighted by Crippen LogP contribution is -2.51. The molecule has 1 aromatic heterocycles. The van der Waals surface area contributed by atoms with Gasteiger partial charge in [0, 0.05) is 22.9 Å². The number of halogens is 1. The molecule has 1 aliphatic carbocycles. The maximum atomic E-state index is 14.5. The van der Waals surface area contributed by atoms with Crippen molar-refractivity contribution in [2.75, 3.05) is 6.61 Å². The Balaban J connectivity index is 1.59. The van der Waals surface area contributed by atoms with Crippen LogP contribution in [0.25, 0.3) is 16.6 Å². The number of aryl methyl sites for hydroxylation is 2. The summed E-state index contributed by atoms with van der Waals surface area (Å²) in [4.78, 5) is 31.4. The van der Waals surface area contributed by atoms with Gasteiger partial charge < -0.3 is 14.7 Å². The Hall–Kier alpha value is -2.80. The molecule has 4 heterocycles. The van der Waals surface area contributed by atoms with E-state index in [0.717, 1.165) is 41.3 Å². The third-order valence-corrected chi connectivity index (χ3v) is 6.93. The first-order valence-electron chi connectivity index (χ1n) is 9.97. The first kappa shape index (κ1) is 17.1. The third-order valence-electron chi connectivity index (χ3n) is 6.93. The van der Waals surface area contributed by atoms with Crippen molar-refractivity contribution >= 4 is 28.5 Å². The molecule has 6 nitrogen and oxygen atoms in total. The highest BCUT2D eigenvalue weighted by Gasteiger charge is 2.49. The normalized spacial score (nSPS) is 27.3. The van der Waals surface area contributed by atoms with Gasteiger partial charge in [-0.1, -0.05) is 6.08 Å². The molecule has 2 aromatic rings. The quantitative estimate of drug-likeness (QED) is 0.692. The molecule has 0 saturated carbocycles. The number of rotatable bonds is 0. The first-order chi connectivity index (χ1) is 14.0. The van der Waals surface area contributed by atoms with Crippen LogP contribution in [0.5, 0.6) is 0 Å². The number of benzene rings is 1. The molecule has 4 aliphatic rings. The number of pyridine rings is 1. The highest BCUT2D eigenvalue weighted by Crippen LogP contribution is 2.45. The van der Waals surface area contributed by atoms with E-state index in [4.69, 9.17) is 9.72 Å². The largest absolute Gasteiger partial charge is 0.463 e. The van der Waals surface area contributed by atoms with Crippen LogP contribution in [0.4, 0.5) is 4.39 Å². The number of hydrogen-bond donors (Lipinski definition) is 1. The molecule has 1 saturated heterocycles. The van der Waals surface area contributed by atoms with Crippen LogP contribution in [0.3, 0.4) is 0 Å². The van der Waals surface area contributed by atoms with E-state index in [1.54, 1.807) is 11.0 Å². The SMILES string of the molecule is Cc1c(F)cc2nc3c(c4c2c1CCC4)CN1C(=O)C2COC(=O)C(O)C2C=C31. The molecule has 7 heteroatoms. The zero-order chi connectivity index (χ0) is 20.0. The standard InChI is InChI=1S/C22H19FN2O4/c1-9-10-3-2-4-11-13-7-25-17(19(13)24-16(18(10)11)6-15(9)23)5-12-14(21(25)27)8-29-22(28)20(12)26/h5-6,12,14,20,26H,2-4,7-8H2,1H3. The molecule has 148 valence electrons. The third kappa shape index (κ3) is 2.11. The van der Waals surface area contributed by atoms with Gasteiger partial charge in [-0.25, -0.2) is 14.2 Å². The number of aliphatic hydroxyl groups is 1. The molecule has 3 aliphatic heterocycles. The number of esters is 1. The van der Waals surface area contributed by atoms with E-state index in [9.17, 15) is 19.1 Å². The molecule has 1 amide bonds. The number of carbonyl (C=O) groups excluding carboxylic acids is 2. The maximum Gasteiger partial charge on any atom is 0.335 e. The van der Waals surface area contributed by atoms with E-state index >= 15 is 0 Å². The number of carbonyl (C=O) groups is 2. The van der Waals surface area contributed by atoms with Crippen molar-refractivity contribution in [2.45, 2.75) is 38.8 Å². The summed E-state index contributed by atoms with van der Waals surface area (Å²) < 4.78 is 19.5. The van der Waals surface area contributed by atoms with Crippen molar-refractivity contribution in [3.8, 4) is 0 Å². The van der Waals surface area contributed by atoms with Gasteiger partial charge in [0.2, 0.25) is 5.91 Å². The van der Waals surface area contributed by atoms with Crippen LogP contribution < -0.4 is 0 Å². The second kappa shape index (κ2) is 5.63. The van der Waals surface area contributed by atoms with E-state index in [1.165, 1.54) is 6.07 Å². The Bertz CT molecular complexity index is 1170. The van der Waals surface area contributed by atoms with E-state index < -0.39 is 23.9 Å². The fraction of sp³-hybridized carbons (Fsp3) is 0.409. The lowest BCUT2D eigenvalue weighted by Gasteiger charge is -2.38. The monoisotopic (exact) mass is 394 g/mol. The summed E-state index contributed by atoms with van der Waals surface area (Å²) in [6, 6.07) is 1.48. The molecule has 0 spiro atoms. The number of amides is 1. The predicted molar refractivity (Wildman–Crippen MR) is 101 cm³/mol. The van der Waals surface area contributed by atoms with Gasteiger partial charge in [0.25, 0.3) is 0 Å². The van der Waals surface area contributed by atoms with Crippen molar-refractivity contribution in [3.63, 3.8) is 0 Å². The number of hydrogen-bond acceptors (Lipinski definition) is 5. The first-order valence-corrected chi connectivity index (χ1v) is 9.97. The zero-order valence-electron chi connectivity index (χ0n) is 15.9. The smallest absolute Gasteiger partial charge is 0.335 e. The molecule has 6 rings (SSSR count). The molecule has 1 aromatic carbocycles. The average Bonchev–Trinajstić information content (AvgIpc) is 3.08.